The molecule has 2 aliphatic heterocycles. The fraction of sp³-hybridized carbons (Fsp3) is 0.467. The number of piperidine rings is 2. The lowest BCUT2D eigenvalue weighted by atomic mass is 10.0. The molecule has 2 aliphatic rings. The lowest BCUT2D eigenvalue weighted by Crippen LogP contribution is -2.54. The van der Waals surface area contributed by atoms with Gasteiger partial charge in [0.1, 0.15) is 11.4 Å². The molecular formula is C30H44N12O4S. The topological polar surface area (TPSA) is 257 Å². The number of amides is 1. The highest BCUT2D eigenvalue weighted by Gasteiger charge is 2.28. The minimum absolute atomic E-state index is 0.0801. The molecule has 5 rings (SSSR count). The maximum atomic E-state index is 11.3. The van der Waals surface area contributed by atoms with Crippen molar-refractivity contribution in [3.8, 4) is 5.75 Å². The van der Waals surface area contributed by atoms with E-state index in [4.69, 9.17) is 22.9 Å². The number of nitrogens with two attached hydrogens (primary N) is 4. The highest BCUT2D eigenvalue weighted by Crippen LogP contribution is 2.31. The van der Waals surface area contributed by atoms with E-state index >= 15 is 0 Å². The van der Waals surface area contributed by atoms with Crippen LogP contribution in [0, 0.1) is 5.92 Å². The summed E-state index contributed by atoms with van der Waals surface area (Å²) in [5, 5.41) is 16.0. The van der Waals surface area contributed by atoms with Gasteiger partial charge in [0.15, 0.2) is 0 Å². The molecule has 3 heterocycles. The van der Waals surface area contributed by atoms with Crippen LogP contribution < -0.4 is 43.4 Å². The second kappa shape index (κ2) is 16.4. The first-order chi connectivity index (χ1) is 22.3. The van der Waals surface area contributed by atoms with E-state index in [0.29, 0.717) is 68.9 Å². The third kappa shape index (κ3) is 11.1. The van der Waals surface area contributed by atoms with Crippen LogP contribution in [0.3, 0.4) is 0 Å². The summed E-state index contributed by atoms with van der Waals surface area (Å²) in [5.41, 5.74) is 25.9. The number of nitrogens with one attached hydrogen (secondary N) is 2. The number of benzene rings is 2. The van der Waals surface area contributed by atoms with Gasteiger partial charge in [-0.2, -0.15) is 23.4 Å². The molecule has 0 radical (unpaired) electrons. The Balaban J connectivity index is 0.000000323. The third-order valence-corrected chi connectivity index (χ3v) is 7.61. The molecule has 2 fully saturated rings. The number of carbonyl (C=O) groups excluding carboxylic acids is 1. The molecule has 1 amide bonds. The lowest BCUT2D eigenvalue weighted by molar-refractivity contribution is -0.116. The normalized spacial score (nSPS) is 21.0. The van der Waals surface area contributed by atoms with Gasteiger partial charge in [-0.15, -0.1) is 4.36 Å². The molecule has 3 aromatic rings. The minimum atomic E-state index is -2.69. The van der Waals surface area contributed by atoms with Gasteiger partial charge in [0.05, 0.1) is 0 Å². The van der Waals surface area contributed by atoms with Gasteiger partial charge in [-0.25, -0.2) is 0 Å². The number of hydrogen-bond acceptors (Lipinski definition) is 15. The first-order valence-electron chi connectivity index (χ1n) is 15.4. The summed E-state index contributed by atoms with van der Waals surface area (Å²) < 4.78 is 24.9. The summed E-state index contributed by atoms with van der Waals surface area (Å²) in [6.45, 7) is 6.23. The highest BCUT2D eigenvalue weighted by atomic mass is 32.2. The number of nitrogens with zero attached hydrogens (tertiary/aromatic N) is 6. The summed E-state index contributed by atoms with van der Waals surface area (Å²) in [6.07, 6.45) is 2.00. The molecule has 0 unspecified atom stereocenters. The molecule has 254 valence electrons. The molecule has 17 heteroatoms. The number of anilines is 5. The van der Waals surface area contributed by atoms with E-state index < -0.39 is 10.5 Å². The van der Waals surface area contributed by atoms with Crippen molar-refractivity contribution in [1.82, 2.24) is 15.0 Å². The van der Waals surface area contributed by atoms with E-state index in [2.05, 4.69) is 29.9 Å². The number of para-hydroxylation sites is 1. The summed E-state index contributed by atoms with van der Waals surface area (Å²) >= 11 is 0. The van der Waals surface area contributed by atoms with Crippen LogP contribution in [0.2, 0.25) is 0 Å². The molecule has 16 nitrogen and oxygen atoms in total. The van der Waals surface area contributed by atoms with E-state index in [1.165, 1.54) is 12.1 Å². The highest BCUT2D eigenvalue weighted by molar-refractivity contribution is 7.61. The Morgan fingerprint density at radius 2 is 1.40 bits per heavy atom. The lowest BCUT2D eigenvalue weighted by Gasteiger charge is -2.37. The van der Waals surface area contributed by atoms with E-state index in [1.54, 1.807) is 6.07 Å². The molecule has 4 atom stereocenters. The van der Waals surface area contributed by atoms with Crippen molar-refractivity contribution in [3.05, 3.63) is 48.5 Å². The Hall–Kier alpha value is -4.42. The molecule has 11 N–H and O–H groups in total. The van der Waals surface area contributed by atoms with Gasteiger partial charge in [-0.3, -0.25) is 4.79 Å². The average Bonchev–Trinajstić information content (AvgIpc) is 2.98. The van der Waals surface area contributed by atoms with Crippen LogP contribution in [-0.2, 0) is 15.3 Å². The first kappa shape index (κ1) is 35.4. The van der Waals surface area contributed by atoms with Gasteiger partial charge in [0, 0.05) is 74.2 Å². The zero-order valence-corrected chi connectivity index (χ0v) is 27.3. The predicted molar refractivity (Wildman–Crippen MR) is 182 cm³/mol. The molecule has 0 aliphatic carbocycles. The fourth-order valence-corrected chi connectivity index (χ4v) is 5.68. The van der Waals surface area contributed by atoms with Crippen molar-refractivity contribution < 1.29 is 18.3 Å². The van der Waals surface area contributed by atoms with Crippen molar-refractivity contribution in [2.75, 3.05) is 46.6 Å². The van der Waals surface area contributed by atoms with Gasteiger partial charge >= 0.3 is 10.5 Å². The van der Waals surface area contributed by atoms with Gasteiger partial charge in [-0.1, -0.05) is 32.0 Å². The Morgan fingerprint density at radius 3 is 1.87 bits per heavy atom. The number of carbonyl (C=O) groups is 1. The summed E-state index contributed by atoms with van der Waals surface area (Å²) in [5.74, 6) is 1.21. The number of aromatic nitrogens is 3. The Labute approximate surface area is 275 Å². The van der Waals surface area contributed by atoms with E-state index in [-0.39, 0.29) is 47.5 Å². The molecule has 1 aromatic heterocycles. The standard InChI is InChI=1S/C19H29N11O3S.C11H15NO/c20-10-3-11(21)7-29(6-10)18-25-17(24-14-1-2-15(16(31)5-14)28-34(32)33)26-19(27-18)30-8-12(22)4-13(23)9-30;1-9(2)8-11(13)12-10-6-4-3-5-7-10/h1-2,5,10-13,31H,3-4,6-9,20-23H2,(H,24,25,26,27);3-7,9H,8H2,1-2H3,(H,12,13)/t10-,11+,12-,13+;. The molecule has 0 spiro atoms. The van der Waals surface area contributed by atoms with Crippen molar-refractivity contribution in [2.45, 2.75) is 57.3 Å². The smallest absolute Gasteiger partial charge is 0.316 e. The van der Waals surface area contributed by atoms with Crippen molar-refractivity contribution >= 4 is 51.3 Å². The Bertz CT molecular complexity index is 1570. The number of aromatic hydroxyl groups is 1. The van der Waals surface area contributed by atoms with Crippen molar-refractivity contribution in [3.63, 3.8) is 0 Å². The fourth-order valence-electron chi connectivity index (χ4n) is 5.37. The average molecular weight is 669 g/mol. The van der Waals surface area contributed by atoms with Crippen LogP contribution in [0.25, 0.3) is 0 Å². The van der Waals surface area contributed by atoms with Crippen molar-refractivity contribution in [2.24, 2.45) is 33.2 Å². The zero-order valence-electron chi connectivity index (χ0n) is 26.5. The van der Waals surface area contributed by atoms with Crippen LogP contribution in [0.1, 0.15) is 33.1 Å². The third-order valence-electron chi connectivity index (χ3n) is 7.26. The molecule has 2 aromatic carbocycles. The van der Waals surface area contributed by atoms with Crippen LogP contribution >= 0.6 is 0 Å². The number of hydrogen-bond donors (Lipinski definition) is 7. The number of rotatable bonds is 8. The summed E-state index contributed by atoms with van der Waals surface area (Å²) in [6, 6.07) is 13.3. The largest absolute Gasteiger partial charge is 0.506 e. The van der Waals surface area contributed by atoms with Gasteiger partial charge < -0.3 is 48.5 Å². The van der Waals surface area contributed by atoms with Gasteiger partial charge in [0.25, 0.3) is 0 Å². The second-order valence-corrected chi connectivity index (χ2v) is 12.8. The number of phenols is 1. The van der Waals surface area contributed by atoms with E-state index in [0.717, 1.165) is 5.69 Å². The summed E-state index contributed by atoms with van der Waals surface area (Å²) in [4.78, 5) is 28.9. The molecule has 0 saturated carbocycles. The maximum absolute atomic E-state index is 11.3. The number of phenolic OH excluding ortho intramolecular Hbond substituents is 1. The molecule has 2 saturated heterocycles. The Morgan fingerprint density at radius 1 is 0.872 bits per heavy atom. The predicted octanol–water partition coefficient (Wildman–Crippen LogP) is 1.42. The molecule has 47 heavy (non-hydrogen) atoms. The molecule has 0 bridgehead atoms. The van der Waals surface area contributed by atoms with Gasteiger partial charge in [-0.05, 0) is 43.0 Å². The zero-order chi connectivity index (χ0) is 34.1. The minimum Gasteiger partial charge on any atom is -0.506 e. The van der Waals surface area contributed by atoms with Crippen LogP contribution in [0.15, 0.2) is 52.9 Å². The quantitative estimate of drug-likeness (QED) is 0.179. The van der Waals surface area contributed by atoms with E-state index in [9.17, 15) is 18.3 Å². The second-order valence-electron chi connectivity index (χ2n) is 12.2. The van der Waals surface area contributed by atoms with Gasteiger partial charge in [0.2, 0.25) is 23.8 Å². The first-order valence-corrected chi connectivity index (χ1v) is 16.4. The maximum Gasteiger partial charge on any atom is 0.316 e. The monoisotopic (exact) mass is 668 g/mol. The SMILES string of the molecule is CC(C)CC(=O)Nc1ccccc1.N[C@@H]1C[C@H](N)CN(c2nc(Nc3ccc(N=S(=O)=O)c(O)c3)nc(N3C[C@H](N)C[C@H](N)C3)n2)C1. The van der Waals surface area contributed by atoms with Crippen LogP contribution in [0.4, 0.5) is 34.9 Å². The van der Waals surface area contributed by atoms with Crippen LogP contribution in [0.5, 0.6) is 5.75 Å². The Kier molecular flexibility index (Phi) is 12.4. The molecular weight excluding hydrogens is 624 g/mol. The van der Waals surface area contributed by atoms with Crippen LogP contribution in [-0.4, -0.2) is 84.7 Å². The summed E-state index contributed by atoms with van der Waals surface area (Å²) in [7, 11) is -2.69. The van der Waals surface area contributed by atoms with Crippen molar-refractivity contribution in [1.29, 1.82) is 0 Å². The van der Waals surface area contributed by atoms with E-state index in [1.807, 2.05) is 54.0 Å².